The first-order chi connectivity index (χ1) is 15.4. The van der Waals surface area contributed by atoms with Crippen LogP contribution >= 0.6 is 0 Å². The zero-order chi connectivity index (χ0) is 22.9. The first kappa shape index (κ1) is 22.9. The highest BCUT2D eigenvalue weighted by molar-refractivity contribution is 5.95. The lowest BCUT2D eigenvalue weighted by atomic mass is 10.1. The summed E-state index contributed by atoms with van der Waals surface area (Å²) < 4.78 is 11.3. The van der Waals surface area contributed by atoms with Crippen molar-refractivity contribution in [3.05, 3.63) is 89.5 Å². The predicted octanol–water partition coefficient (Wildman–Crippen LogP) is 4.36. The zero-order valence-corrected chi connectivity index (χ0v) is 18.6. The van der Waals surface area contributed by atoms with Crippen LogP contribution in [0.1, 0.15) is 16.7 Å². The van der Waals surface area contributed by atoms with Crippen molar-refractivity contribution in [2.45, 2.75) is 20.5 Å². The van der Waals surface area contributed by atoms with Gasteiger partial charge in [0.15, 0.2) is 6.61 Å². The molecule has 1 N–H and O–H groups in total. The second-order valence-corrected chi connectivity index (χ2v) is 7.58. The Morgan fingerprint density at radius 2 is 1.50 bits per heavy atom. The van der Waals surface area contributed by atoms with Gasteiger partial charge < -0.3 is 19.7 Å². The van der Waals surface area contributed by atoms with Gasteiger partial charge in [-0.15, -0.1) is 0 Å². The maximum atomic E-state index is 12.3. The van der Waals surface area contributed by atoms with Gasteiger partial charge in [-0.2, -0.15) is 0 Å². The number of likely N-dealkylation sites (N-methyl/N-ethyl adjacent to an activating group) is 1. The first-order valence-corrected chi connectivity index (χ1v) is 10.4. The Kier molecular flexibility index (Phi) is 7.86. The lowest BCUT2D eigenvalue weighted by Crippen LogP contribution is -2.37. The summed E-state index contributed by atoms with van der Waals surface area (Å²) >= 11 is 0. The lowest BCUT2D eigenvalue weighted by Gasteiger charge is -2.18. The van der Waals surface area contributed by atoms with Gasteiger partial charge in [-0.25, -0.2) is 0 Å². The smallest absolute Gasteiger partial charge is 0.260 e. The van der Waals surface area contributed by atoms with E-state index in [9.17, 15) is 9.59 Å². The number of aryl methyl sites for hydroxylation is 1. The molecule has 0 saturated heterocycles. The third-order valence-electron chi connectivity index (χ3n) is 5.12. The fourth-order valence-electron chi connectivity index (χ4n) is 3.01. The van der Waals surface area contributed by atoms with Crippen LogP contribution < -0.4 is 14.8 Å². The molecule has 6 heteroatoms. The fourth-order valence-corrected chi connectivity index (χ4v) is 3.01. The maximum Gasteiger partial charge on any atom is 0.260 e. The molecule has 0 spiro atoms. The van der Waals surface area contributed by atoms with Crippen LogP contribution in [0.2, 0.25) is 0 Å². The first-order valence-electron chi connectivity index (χ1n) is 10.4. The van der Waals surface area contributed by atoms with E-state index in [0.29, 0.717) is 18.1 Å². The van der Waals surface area contributed by atoms with E-state index in [1.54, 1.807) is 31.3 Å². The van der Waals surface area contributed by atoms with E-state index in [0.717, 1.165) is 22.4 Å². The molecule has 0 aromatic heterocycles. The van der Waals surface area contributed by atoms with E-state index in [1.165, 1.54) is 4.90 Å². The molecular formula is C26H28N2O4. The molecule has 0 heterocycles. The lowest BCUT2D eigenvalue weighted by molar-refractivity contribution is -0.135. The molecule has 0 aliphatic rings. The van der Waals surface area contributed by atoms with Crippen molar-refractivity contribution in [3.63, 3.8) is 0 Å². The van der Waals surface area contributed by atoms with E-state index < -0.39 is 0 Å². The Hall–Kier alpha value is -3.80. The number of hydrogen-bond donors (Lipinski definition) is 1. The summed E-state index contributed by atoms with van der Waals surface area (Å²) in [6.07, 6.45) is 0. The summed E-state index contributed by atoms with van der Waals surface area (Å²) in [5.41, 5.74) is 3.94. The van der Waals surface area contributed by atoms with Crippen molar-refractivity contribution in [2.75, 3.05) is 25.5 Å². The number of hydrogen-bond acceptors (Lipinski definition) is 4. The van der Waals surface area contributed by atoms with Gasteiger partial charge in [0.1, 0.15) is 18.1 Å². The minimum Gasteiger partial charge on any atom is -0.489 e. The van der Waals surface area contributed by atoms with Gasteiger partial charge in [-0.05, 0) is 60.9 Å². The summed E-state index contributed by atoms with van der Waals surface area (Å²) in [6, 6.07) is 22.7. The molecule has 6 nitrogen and oxygen atoms in total. The Labute approximate surface area is 188 Å². The molecule has 3 aromatic rings. The van der Waals surface area contributed by atoms with Crippen LogP contribution in [0.15, 0.2) is 72.8 Å². The topological polar surface area (TPSA) is 67.9 Å². The summed E-state index contributed by atoms with van der Waals surface area (Å²) in [5.74, 6) is 0.728. The number of rotatable bonds is 9. The second kappa shape index (κ2) is 11.0. The number of benzene rings is 3. The van der Waals surface area contributed by atoms with E-state index >= 15 is 0 Å². The summed E-state index contributed by atoms with van der Waals surface area (Å²) in [4.78, 5) is 26.0. The SMILES string of the molecule is Cc1cccc(NC(=O)CN(C)C(=O)COc2ccc(OCc3ccccc3)cc2)c1C. The van der Waals surface area contributed by atoms with Gasteiger partial charge in [0.05, 0.1) is 6.54 Å². The molecule has 0 aliphatic heterocycles. The van der Waals surface area contributed by atoms with Crippen LogP contribution in [-0.2, 0) is 16.2 Å². The standard InChI is InChI=1S/C26H28N2O4/c1-19-8-7-11-24(20(19)2)27-25(29)16-28(3)26(30)18-32-23-14-12-22(13-15-23)31-17-21-9-5-4-6-10-21/h4-15H,16-18H2,1-3H3,(H,27,29). The normalized spacial score (nSPS) is 10.3. The highest BCUT2D eigenvalue weighted by Gasteiger charge is 2.14. The van der Waals surface area contributed by atoms with Crippen molar-refractivity contribution in [2.24, 2.45) is 0 Å². The van der Waals surface area contributed by atoms with Crippen molar-refractivity contribution >= 4 is 17.5 Å². The van der Waals surface area contributed by atoms with E-state index in [-0.39, 0.29) is 25.0 Å². The average Bonchev–Trinajstić information content (AvgIpc) is 2.80. The molecule has 0 bridgehead atoms. The van der Waals surface area contributed by atoms with Crippen LogP contribution in [0, 0.1) is 13.8 Å². The molecule has 0 atom stereocenters. The molecule has 0 unspecified atom stereocenters. The molecule has 0 fully saturated rings. The number of carbonyl (C=O) groups is 2. The quantitative estimate of drug-likeness (QED) is 0.546. The third-order valence-corrected chi connectivity index (χ3v) is 5.12. The van der Waals surface area contributed by atoms with Crippen molar-refractivity contribution in [1.29, 1.82) is 0 Å². The van der Waals surface area contributed by atoms with Crippen LogP contribution in [-0.4, -0.2) is 36.9 Å². The van der Waals surface area contributed by atoms with Crippen LogP contribution in [0.5, 0.6) is 11.5 Å². The Morgan fingerprint density at radius 3 is 2.19 bits per heavy atom. The average molecular weight is 433 g/mol. The van der Waals surface area contributed by atoms with E-state index in [1.807, 2.05) is 62.4 Å². The molecule has 0 saturated carbocycles. The minimum atomic E-state index is -0.287. The Morgan fingerprint density at radius 1 is 0.844 bits per heavy atom. The monoisotopic (exact) mass is 432 g/mol. The van der Waals surface area contributed by atoms with Gasteiger partial charge in [0, 0.05) is 12.7 Å². The Bertz CT molecular complexity index is 1050. The number of anilines is 1. The van der Waals surface area contributed by atoms with E-state index in [2.05, 4.69) is 5.32 Å². The van der Waals surface area contributed by atoms with E-state index in [4.69, 9.17) is 9.47 Å². The Balaban J connectivity index is 1.43. The summed E-state index contributed by atoms with van der Waals surface area (Å²) in [5, 5.41) is 2.85. The van der Waals surface area contributed by atoms with Gasteiger partial charge in [-0.3, -0.25) is 9.59 Å². The highest BCUT2D eigenvalue weighted by atomic mass is 16.5. The molecule has 3 rings (SSSR count). The summed E-state index contributed by atoms with van der Waals surface area (Å²) in [7, 11) is 1.58. The van der Waals surface area contributed by atoms with Crippen LogP contribution in [0.4, 0.5) is 5.69 Å². The van der Waals surface area contributed by atoms with Gasteiger partial charge in [0.25, 0.3) is 5.91 Å². The number of nitrogens with zero attached hydrogens (tertiary/aromatic N) is 1. The third kappa shape index (κ3) is 6.60. The fraction of sp³-hybridized carbons (Fsp3) is 0.231. The molecule has 166 valence electrons. The van der Waals surface area contributed by atoms with Crippen LogP contribution in [0.3, 0.4) is 0 Å². The van der Waals surface area contributed by atoms with Crippen molar-refractivity contribution in [3.8, 4) is 11.5 Å². The predicted molar refractivity (Wildman–Crippen MR) is 125 cm³/mol. The summed E-state index contributed by atoms with van der Waals surface area (Å²) in [6.45, 7) is 4.21. The van der Waals surface area contributed by atoms with Gasteiger partial charge in [0.2, 0.25) is 5.91 Å². The van der Waals surface area contributed by atoms with Crippen molar-refractivity contribution in [1.82, 2.24) is 4.90 Å². The molecule has 2 amide bonds. The molecule has 32 heavy (non-hydrogen) atoms. The molecular weight excluding hydrogens is 404 g/mol. The largest absolute Gasteiger partial charge is 0.489 e. The minimum absolute atomic E-state index is 0.0537. The number of carbonyl (C=O) groups excluding carboxylic acids is 2. The zero-order valence-electron chi connectivity index (χ0n) is 18.6. The number of ether oxygens (including phenoxy) is 2. The number of nitrogens with one attached hydrogen (secondary N) is 1. The van der Waals surface area contributed by atoms with Crippen molar-refractivity contribution < 1.29 is 19.1 Å². The maximum absolute atomic E-state index is 12.3. The molecule has 0 radical (unpaired) electrons. The van der Waals surface area contributed by atoms with Gasteiger partial charge >= 0.3 is 0 Å². The molecule has 0 aliphatic carbocycles. The van der Waals surface area contributed by atoms with Crippen LogP contribution in [0.25, 0.3) is 0 Å². The van der Waals surface area contributed by atoms with Gasteiger partial charge in [-0.1, -0.05) is 42.5 Å². The second-order valence-electron chi connectivity index (χ2n) is 7.58. The highest BCUT2D eigenvalue weighted by Crippen LogP contribution is 2.19. The molecule has 3 aromatic carbocycles. The number of amides is 2.